The number of thiol groups is 1. The van der Waals surface area contributed by atoms with Gasteiger partial charge in [0.25, 0.3) is 0 Å². The largest absolute Gasteiger partial charge is 0.396 e. The Morgan fingerprint density at radius 3 is 2.30 bits per heavy atom. The molecule has 1 heterocycles. The van der Waals surface area contributed by atoms with Crippen LogP contribution < -0.4 is 0 Å². The molecular formula is C6H12O3S. The Bertz CT molecular complexity index is 95.2. The Morgan fingerprint density at radius 2 is 2.00 bits per heavy atom. The molecule has 3 nitrogen and oxygen atoms in total. The van der Waals surface area contributed by atoms with Gasteiger partial charge in [-0.1, -0.05) is 0 Å². The zero-order chi connectivity index (χ0) is 7.45. The van der Waals surface area contributed by atoms with Crippen LogP contribution >= 0.6 is 12.6 Å². The van der Waals surface area contributed by atoms with E-state index in [0.717, 1.165) is 0 Å². The molecule has 0 saturated carbocycles. The zero-order valence-electron chi connectivity index (χ0n) is 5.75. The average molecular weight is 164 g/mol. The minimum absolute atomic E-state index is 0.0799. The van der Waals surface area contributed by atoms with E-state index >= 15 is 0 Å². The van der Waals surface area contributed by atoms with Gasteiger partial charge in [0.05, 0.1) is 19.8 Å². The second-order valence-electron chi connectivity index (χ2n) is 2.63. The van der Waals surface area contributed by atoms with Gasteiger partial charge in [-0.3, -0.25) is 0 Å². The molecular weight excluding hydrogens is 152 g/mol. The molecule has 0 radical (unpaired) electrons. The summed E-state index contributed by atoms with van der Waals surface area (Å²) in [4.78, 5) is 0. The standard InChI is InChI=1S/C6H12O3S/c7-1-6(4-10)2-8-5-9-3-6/h7,10H,1-5H2. The summed E-state index contributed by atoms with van der Waals surface area (Å²) in [6, 6.07) is 0. The zero-order valence-corrected chi connectivity index (χ0v) is 6.64. The number of rotatable bonds is 2. The Kier molecular flexibility index (Phi) is 2.97. The Labute approximate surface area is 65.7 Å². The van der Waals surface area contributed by atoms with Crippen LogP contribution in [0.3, 0.4) is 0 Å². The van der Waals surface area contributed by atoms with Crippen LogP contribution in [0.1, 0.15) is 0 Å². The van der Waals surface area contributed by atoms with Crippen LogP contribution in [0.25, 0.3) is 0 Å². The summed E-state index contributed by atoms with van der Waals surface area (Å²) in [5.41, 5.74) is -0.263. The van der Waals surface area contributed by atoms with Crippen LogP contribution in [-0.4, -0.2) is 37.5 Å². The highest BCUT2D eigenvalue weighted by Crippen LogP contribution is 2.22. The van der Waals surface area contributed by atoms with Gasteiger partial charge in [-0.15, -0.1) is 0 Å². The minimum Gasteiger partial charge on any atom is -0.396 e. The van der Waals surface area contributed by atoms with Crippen LogP contribution in [0, 0.1) is 5.41 Å². The maximum absolute atomic E-state index is 8.93. The fourth-order valence-electron chi connectivity index (χ4n) is 0.850. The van der Waals surface area contributed by atoms with E-state index < -0.39 is 0 Å². The van der Waals surface area contributed by atoms with E-state index in [-0.39, 0.29) is 12.0 Å². The molecule has 1 rings (SSSR count). The first kappa shape index (κ1) is 8.33. The number of aliphatic hydroxyl groups is 1. The average Bonchev–Trinajstić information content (AvgIpc) is 2.06. The highest BCUT2D eigenvalue weighted by molar-refractivity contribution is 7.80. The normalized spacial score (nSPS) is 24.6. The molecule has 0 aromatic carbocycles. The number of hydrogen-bond acceptors (Lipinski definition) is 4. The van der Waals surface area contributed by atoms with Crippen LogP contribution in [0.2, 0.25) is 0 Å². The lowest BCUT2D eigenvalue weighted by Crippen LogP contribution is -2.42. The van der Waals surface area contributed by atoms with E-state index in [4.69, 9.17) is 14.6 Å². The molecule has 0 aromatic heterocycles. The molecule has 1 saturated heterocycles. The van der Waals surface area contributed by atoms with E-state index in [1.165, 1.54) is 0 Å². The summed E-state index contributed by atoms with van der Waals surface area (Å²) in [6.45, 7) is 1.52. The Morgan fingerprint density at radius 1 is 1.40 bits per heavy atom. The smallest absolute Gasteiger partial charge is 0.146 e. The molecule has 1 fully saturated rings. The summed E-state index contributed by atoms with van der Waals surface area (Å²) in [5.74, 6) is 0.601. The lowest BCUT2D eigenvalue weighted by atomic mass is 9.93. The van der Waals surface area contributed by atoms with Gasteiger partial charge < -0.3 is 14.6 Å². The van der Waals surface area contributed by atoms with E-state index in [1.807, 2.05) is 0 Å². The summed E-state index contributed by atoms with van der Waals surface area (Å²) >= 11 is 4.11. The minimum atomic E-state index is -0.263. The summed E-state index contributed by atoms with van der Waals surface area (Å²) in [7, 11) is 0. The molecule has 1 N–H and O–H groups in total. The van der Waals surface area contributed by atoms with Gasteiger partial charge in [-0.2, -0.15) is 12.6 Å². The van der Waals surface area contributed by atoms with Crippen molar-refractivity contribution in [1.82, 2.24) is 0 Å². The van der Waals surface area contributed by atoms with Crippen LogP contribution in [0.15, 0.2) is 0 Å². The van der Waals surface area contributed by atoms with Crippen molar-refractivity contribution < 1.29 is 14.6 Å². The molecule has 0 spiro atoms. The fraction of sp³-hybridized carbons (Fsp3) is 1.00. The predicted molar refractivity (Wildman–Crippen MR) is 40.1 cm³/mol. The predicted octanol–water partition coefficient (Wildman–Crippen LogP) is -0.101. The van der Waals surface area contributed by atoms with Crippen molar-refractivity contribution in [2.24, 2.45) is 5.41 Å². The van der Waals surface area contributed by atoms with Gasteiger partial charge in [-0.25, -0.2) is 0 Å². The molecule has 0 aliphatic carbocycles. The maximum atomic E-state index is 8.93. The second-order valence-corrected chi connectivity index (χ2v) is 2.95. The van der Waals surface area contributed by atoms with Crippen molar-refractivity contribution in [3.05, 3.63) is 0 Å². The van der Waals surface area contributed by atoms with Crippen molar-refractivity contribution in [3.8, 4) is 0 Å². The molecule has 0 bridgehead atoms. The molecule has 1 aliphatic rings. The van der Waals surface area contributed by atoms with Gasteiger partial charge in [0, 0.05) is 11.2 Å². The maximum Gasteiger partial charge on any atom is 0.146 e. The Balaban J connectivity index is 2.44. The molecule has 10 heavy (non-hydrogen) atoms. The lowest BCUT2D eigenvalue weighted by Gasteiger charge is -2.33. The van der Waals surface area contributed by atoms with E-state index in [9.17, 15) is 0 Å². The Hall–Kier alpha value is 0.230. The summed E-state index contributed by atoms with van der Waals surface area (Å²) < 4.78 is 10.1. The molecule has 0 atom stereocenters. The molecule has 60 valence electrons. The number of hydrogen-bond donors (Lipinski definition) is 2. The quantitative estimate of drug-likeness (QED) is 0.560. The van der Waals surface area contributed by atoms with E-state index in [1.54, 1.807) is 0 Å². The second kappa shape index (κ2) is 3.57. The molecule has 0 aromatic rings. The molecule has 1 aliphatic heterocycles. The van der Waals surface area contributed by atoms with Crippen molar-refractivity contribution in [1.29, 1.82) is 0 Å². The van der Waals surface area contributed by atoms with Crippen molar-refractivity contribution in [3.63, 3.8) is 0 Å². The van der Waals surface area contributed by atoms with Gasteiger partial charge in [0.15, 0.2) is 0 Å². The van der Waals surface area contributed by atoms with Crippen LogP contribution in [0.4, 0.5) is 0 Å². The molecule has 0 unspecified atom stereocenters. The SMILES string of the molecule is OCC1(CS)COCOC1. The number of aliphatic hydroxyl groups excluding tert-OH is 1. The summed E-state index contributed by atoms with van der Waals surface area (Å²) in [5, 5.41) is 8.93. The van der Waals surface area contributed by atoms with Crippen LogP contribution in [0.5, 0.6) is 0 Å². The van der Waals surface area contributed by atoms with Crippen molar-refractivity contribution >= 4 is 12.6 Å². The van der Waals surface area contributed by atoms with Crippen molar-refractivity contribution in [2.45, 2.75) is 0 Å². The fourth-order valence-corrected chi connectivity index (χ4v) is 1.13. The summed E-state index contributed by atoms with van der Waals surface area (Å²) in [6.07, 6.45) is 0. The third kappa shape index (κ3) is 1.63. The third-order valence-corrected chi connectivity index (χ3v) is 2.32. The van der Waals surface area contributed by atoms with Gasteiger partial charge >= 0.3 is 0 Å². The van der Waals surface area contributed by atoms with Gasteiger partial charge in [0.1, 0.15) is 6.79 Å². The number of ether oxygens (including phenoxy) is 2. The first-order valence-electron chi connectivity index (χ1n) is 3.20. The van der Waals surface area contributed by atoms with E-state index in [2.05, 4.69) is 12.6 Å². The monoisotopic (exact) mass is 164 g/mol. The lowest BCUT2D eigenvalue weighted by molar-refractivity contribution is -0.167. The highest BCUT2D eigenvalue weighted by Gasteiger charge is 2.31. The first-order valence-corrected chi connectivity index (χ1v) is 3.83. The third-order valence-electron chi connectivity index (χ3n) is 1.65. The van der Waals surface area contributed by atoms with Crippen molar-refractivity contribution in [2.75, 3.05) is 32.4 Å². The molecule has 0 amide bonds. The van der Waals surface area contributed by atoms with Crippen LogP contribution in [-0.2, 0) is 9.47 Å². The topological polar surface area (TPSA) is 38.7 Å². The molecule has 4 heteroatoms. The van der Waals surface area contributed by atoms with Gasteiger partial charge in [0.2, 0.25) is 0 Å². The highest BCUT2D eigenvalue weighted by atomic mass is 32.1. The van der Waals surface area contributed by atoms with Gasteiger partial charge in [-0.05, 0) is 0 Å². The first-order chi connectivity index (χ1) is 4.83. The van der Waals surface area contributed by atoms with E-state index in [0.29, 0.717) is 25.8 Å².